The van der Waals surface area contributed by atoms with Gasteiger partial charge in [-0.3, -0.25) is 23.8 Å². The summed E-state index contributed by atoms with van der Waals surface area (Å²) < 4.78 is 43.6. The molecule has 0 spiro atoms. The fourth-order valence-electron chi connectivity index (χ4n) is 5.23. The molecule has 1 N–H and O–H groups in total. The molecule has 5 aromatic rings. The van der Waals surface area contributed by atoms with E-state index in [0.29, 0.717) is 46.9 Å². The molecular weight excluding hydrogens is 599 g/mol. The number of benzene rings is 1. The van der Waals surface area contributed by atoms with E-state index in [9.17, 15) is 22.8 Å². The third-order valence-corrected chi connectivity index (χ3v) is 7.85. The number of carbonyl (C=O) groups is 1. The molecule has 5 heterocycles. The zero-order chi connectivity index (χ0) is 31.2. The second kappa shape index (κ2) is 11.3. The molecule has 4 aromatic heterocycles. The summed E-state index contributed by atoms with van der Waals surface area (Å²) in [5.41, 5.74) is 1.23. The van der Waals surface area contributed by atoms with Crippen molar-refractivity contribution in [1.82, 2.24) is 39.3 Å². The zero-order valence-corrected chi connectivity index (χ0v) is 24.2. The smallest absolute Gasteiger partial charge is 0.310 e. The third-order valence-electron chi connectivity index (χ3n) is 7.61. The number of aromatic nitrogens is 8. The van der Waals surface area contributed by atoms with E-state index in [1.54, 1.807) is 24.1 Å². The number of aryl methyl sites for hydroxylation is 1. The second-order valence-corrected chi connectivity index (χ2v) is 11.0. The first-order valence-electron chi connectivity index (χ1n) is 13.7. The molecule has 44 heavy (non-hydrogen) atoms. The van der Waals surface area contributed by atoms with E-state index in [1.807, 2.05) is 19.1 Å². The number of anilines is 1. The Labute approximate surface area is 253 Å². The van der Waals surface area contributed by atoms with Gasteiger partial charge in [-0.2, -0.15) is 18.3 Å². The quantitative estimate of drug-likeness (QED) is 0.289. The van der Waals surface area contributed by atoms with Gasteiger partial charge in [-0.05, 0) is 48.7 Å². The lowest BCUT2D eigenvalue weighted by Crippen LogP contribution is -2.27. The number of carbonyl (C=O) groups excluding carboxylic acids is 1. The minimum absolute atomic E-state index is 0.128. The van der Waals surface area contributed by atoms with Crippen LogP contribution >= 0.6 is 11.6 Å². The van der Waals surface area contributed by atoms with E-state index in [0.717, 1.165) is 16.4 Å². The molecule has 1 aliphatic rings. The van der Waals surface area contributed by atoms with Gasteiger partial charge >= 0.3 is 6.18 Å². The topological polar surface area (TPSA) is 125 Å². The fourth-order valence-corrected chi connectivity index (χ4v) is 5.40. The van der Waals surface area contributed by atoms with Gasteiger partial charge in [-0.25, -0.2) is 9.67 Å². The van der Waals surface area contributed by atoms with Gasteiger partial charge < -0.3 is 5.32 Å². The maximum atomic E-state index is 13.7. The Balaban J connectivity index is 1.42. The van der Waals surface area contributed by atoms with Gasteiger partial charge in [-0.15, -0.1) is 5.10 Å². The highest BCUT2D eigenvalue weighted by Gasteiger charge is 2.35. The Bertz CT molecular complexity index is 1930. The van der Waals surface area contributed by atoms with Crippen LogP contribution in [0.2, 0.25) is 5.02 Å². The summed E-state index contributed by atoms with van der Waals surface area (Å²) >= 11 is 6.23. The second-order valence-electron chi connectivity index (χ2n) is 10.6. The minimum atomic E-state index is -4.68. The Morgan fingerprint density at radius 2 is 1.86 bits per heavy atom. The average Bonchev–Trinajstić information content (AvgIpc) is 3.63. The molecule has 1 aliphatic heterocycles. The first-order chi connectivity index (χ1) is 21.0. The van der Waals surface area contributed by atoms with Crippen LogP contribution in [-0.2, 0) is 18.0 Å². The van der Waals surface area contributed by atoms with E-state index < -0.39 is 23.5 Å². The van der Waals surface area contributed by atoms with Crippen molar-refractivity contribution in [2.24, 2.45) is 13.0 Å². The van der Waals surface area contributed by atoms with E-state index >= 15 is 0 Å². The number of amides is 1. The molecule has 0 fully saturated rings. The van der Waals surface area contributed by atoms with E-state index in [2.05, 4.69) is 30.7 Å². The Morgan fingerprint density at radius 3 is 2.61 bits per heavy atom. The van der Waals surface area contributed by atoms with Crippen LogP contribution in [0.5, 0.6) is 0 Å². The van der Waals surface area contributed by atoms with Crippen molar-refractivity contribution >= 4 is 23.3 Å². The summed E-state index contributed by atoms with van der Waals surface area (Å²) in [5, 5.41) is 14.5. The van der Waals surface area contributed by atoms with E-state index in [1.165, 1.54) is 35.2 Å². The van der Waals surface area contributed by atoms with Crippen LogP contribution < -0.4 is 10.9 Å². The predicted octanol–water partition coefficient (Wildman–Crippen LogP) is 5.31. The zero-order valence-electron chi connectivity index (χ0n) is 23.5. The molecule has 0 radical (unpaired) electrons. The van der Waals surface area contributed by atoms with Gasteiger partial charge in [0.1, 0.15) is 5.82 Å². The monoisotopic (exact) mass is 623 g/mol. The van der Waals surface area contributed by atoms with Crippen molar-refractivity contribution in [3.05, 3.63) is 88.1 Å². The largest absolute Gasteiger partial charge is 0.436 e. The van der Waals surface area contributed by atoms with Crippen molar-refractivity contribution in [2.75, 3.05) is 5.32 Å². The van der Waals surface area contributed by atoms with E-state index in [4.69, 9.17) is 11.6 Å². The van der Waals surface area contributed by atoms with Gasteiger partial charge in [-0.1, -0.05) is 30.2 Å². The molecule has 2 atom stereocenters. The van der Waals surface area contributed by atoms with Crippen LogP contribution in [0.15, 0.2) is 66.1 Å². The van der Waals surface area contributed by atoms with Gasteiger partial charge in [0, 0.05) is 41.4 Å². The van der Waals surface area contributed by atoms with Gasteiger partial charge in [0.2, 0.25) is 5.91 Å². The average molecular weight is 624 g/mol. The summed E-state index contributed by atoms with van der Waals surface area (Å²) in [4.78, 5) is 35.7. The third kappa shape index (κ3) is 5.60. The molecule has 1 aromatic carbocycles. The Morgan fingerprint density at radius 1 is 1.05 bits per heavy atom. The fraction of sp³-hybridized carbons (Fsp3) is 0.276. The highest BCUT2D eigenvalue weighted by Crippen LogP contribution is 2.34. The summed E-state index contributed by atoms with van der Waals surface area (Å²) in [7, 11) is 1.75. The molecule has 0 unspecified atom stereocenters. The highest BCUT2D eigenvalue weighted by molar-refractivity contribution is 6.31. The summed E-state index contributed by atoms with van der Waals surface area (Å²) in [6, 6.07) is 8.92. The predicted molar refractivity (Wildman–Crippen MR) is 155 cm³/mol. The number of fused-ring (bicyclic) bond motifs is 4. The summed E-state index contributed by atoms with van der Waals surface area (Å²) in [5.74, 6) is 0.139. The summed E-state index contributed by atoms with van der Waals surface area (Å²) in [6.07, 6.45) is 2.46. The number of nitrogens with one attached hydrogen (secondary N) is 1. The lowest BCUT2D eigenvalue weighted by atomic mass is 9.96. The first kappa shape index (κ1) is 29.2. The van der Waals surface area contributed by atoms with Gasteiger partial charge in [0.25, 0.3) is 5.56 Å². The molecule has 1 amide bonds. The van der Waals surface area contributed by atoms with Crippen LogP contribution in [0.3, 0.4) is 0 Å². The number of pyridine rings is 1. The van der Waals surface area contributed by atoms with E-state index in [-0.39, 0.29) is 23.2 Å². The van der Waals surface area contributed by atoms with Crippen molar-refractivity contribution in [3.8, 4) is 28.1 Å². The molecule has 0 saturated carbocycles. The molecule has 0 aliphatic carbocycles. The van der Waals surface area contributed by atoms with Gasteiger partial charge in [0.05, 0.1) is 41.8 Å². The maximum Gasteiger partial charge on any atom is 0.436 e. The van der Waals surface area contributed by atoms with Crippen molar-refractivity contribution in [2.45, 2.75) is 38.4 Å². The SMILES string of the molecule is C[C@@H]1CCC[C@H](n2cnc(-c3cc(Cl)ccc3-n3cc(C(F)(F)F)nn3)cc2=O)c2cc(ccn2)-c2cnn(C)c2NC1=O. The number of halogens is 4. The van der Waals surface area contributed by atoms with Crippen LogP contribution in [0, 0.1) is 5.92 Å². The lowest BCUT2D eigenvalue weighted by Gasteiger charge is -2.22. The number of rotatable bonds is 3. The highest BCUT2D eigenvalue weighted by atomic mass is 35.5. The molecule has 15 heteroatoms. The van der Waals surface area contributed by atoms with Crippen LogP contribution in [0.25, 0.3) is 28.1 Å². The number of nitrogens with zero attached hydrogens (tertiary/aromatic N) is 8. The van der Waals surface area contributed by atoms with Gasteiger partial charge in [0.15, 0.2) is 5.69 Å². The number of hydrogen-bond donors (Lipinski definition) is 1. The van der Waals surface area contributed by atoms with Crippen LogP contribution in [-0.4, -0.2) is 45.2 Å². The molecule has 11 nitrogen and oxygen atoms in total. The molecular formula is C29H25ClF3N9O2. The molecule has 6 rings (SSSR count). The standard InChI is InChI=1S/C29H25ClF3N9O2/c1-16-4-3-5-24(22-10-17(8-9-34-22)20-13-36-40(2)27(20)37-28(16)44)41-15-35-21(12-26(41)43)19-11-18(30)6-7-23(19)42-14-25(38-39-42)29(31,32)33/h6-16,24H,3-5H2,1-2H3,(H,37,44)/t16-,24+/m1/s1. The normalized spacial score (nSPS) is 17.4. The lowest BCUT2D eigenvalue weighted by molar-refractivity contribution is -0.141. The molecule has 2 bridgehead atoms. The van der Waals surface area contributed by atoms with Crippen molar-refractivity contribution < 1.29 is 18.0 Å². The first-order valence-corrected chi connectivity index (χ1v) is 14.0. The number of hydrogen-bond acceptors (Lipinski definition) is 7. The molecule has 0 saturated heterocycles. The Kier molecular flexibility index (Phi) is 7.53. The summed E-state index contributed by atoms with van der Waals surface area (Å²) in [6.45, 7) is 1.85. The molecule has 226 valence electrons. The minimum Gasteiger partial charge on any atom is -0.310 e. The number of alkyl halides is 3. The van der Waals surface area contributed by atoms with Crippen molar-refractivity contribution in [1.29, 1.82) is 0 Å². The maximum absolute atomic E-state index is 13.7. The van der Waals surface area contributed by atoms with Crippen LogP contribution in [0.1, 0.15) is 43.6 Å². The van der Waals surface area contributed by atoms with Crippen molar-refractivity contribution in [3.63, 3.8) is 0 Å². The van der Waals surface area contributed by atoms with Crippen LogP contribution in [0.4, 0.5) is 19.0 Å². The Hall–Kier alpha value is -4.85.